The SMILES string of the molecule is CCc1ccc(NC(=S)N[C@@H]2C[C@@H](C)OC2=O)cc1. The lowest BCUT2D eigenvalue weighted by atomic mass is 10.1. The van der Waals surface area contributed by atoms with Crippen molar-refractivity contribution in [2.24, 2.45) is 0 Å². The predicted molar refractivity (Wildman–Crippen MR) is 79.1 cm³/mol. The highest BCUT2D eigenvalue weighted by Crippen LogP contribution is 2.15. The van der Waals surface area contributed by atoms with Gasteiger partial charge in [-0.2, -0.15) is 0 Å². The van der Waals surface area contributed by atoms with Crippen molar-refractivity contribution in [2.45, 2.75) is 38.8 Å². The first-order valence-corrected chi connectivity index (χ1v) is 6.86. The number of hydrogen-bond acceptors (Lipinski definition) is 3. The molecule has 0 aromatic heterocycles. The lowest BCUT2D eigenvalue weighted by Crippen LogP contribution is -2.40. The van der Waals surface area contributed by atoms with Gasteiger partial charge in [-0.1, -0.05) is 19.1 Å². The van der Waals surface area contributed by atoms with Crippen molar-refractivity contribution < 1.29 is 9.53 Å². The number of hydrogen-bond donors (Lipinski definition) is 2. The highest BCUT2D eigenvalue weighted by molar-refractivity contribution is 7.80. The fourth-order valence-electron chi connectivity index (χ4n) is 2.02. The Kier molecular flexibility index (Phi) is 4.37. The Bertz CT molecular complexity index is 473. The van der Waals surface area contributed by atoms with Gasteiger partial charge in [0, 0.05) is 12.1 Å². The highest BCUT2D eigenvalue weighted by atomic mass is 32.1. The molecule has 1 heterocycles. The molecule has 2 atom stereocenters. The van der Waals surface area contributed by atoms with E-state index in [1.54, 1.807) is 0 Å². The molecule has 2 rings (SSSR count). The molecule has 2 N–H and O–H groups in total. The van der Waals surface area contributed by atoms with E-state index in [1.807, 2.05) is 19.1 Å². The summed E-state index contributed by atoms with van der Waals surface area (Å²) >= 11 is 5.20. The van der Waals surface area contributed by atoms with E-state index in [4.69, 9.17) is 17.0 Å². The standard InChI is InChI=1S/C14H18N2O2S/c1-3-10-4-6-11(7-5-10)15-14(19)16-12-8-9(2)18-13(12)17/h4-7,9,12H,3,8H2,1-2H3,(H2,15,16,19)/t9-,12-/m1/s1. The van der Waals surface area contributed by atoms with Gasteiger partial charge in [-0.15, -0.1) is 0 Å². The number of anilines is 1. The zero-order valence-corrected chi connectivity index (χ0v) is 11.9. The molecule has 0 aliphatic carbocycles. The minimum Gasteiger partial charge on any atom is -0.461 e. The summed E-state index contributed by atoms with van der Waals surface area (Å²) in [7, 11) is 0. The van der Waals surface area contributed by atoms with Gasteiger partial charge in [-0.3, -0.25) is 0 Å². The maximum atomic E-state index is 11.5. The van der Waals surface area contributed by atoms with E-state index >= 15 is 0 Å². The molecule has 19 heavy (non-hydrogen) atoms. The lowest BCUT2D eigenvalue weighted by molar-refractivity contribution is -0.142. The fourth-order valence-corrected chi connectivity index (χ4v) is 2.28. The summed E-state index contributed by atoms with van der Waals surface area (Å²) in [5.41, 5.74) is 2.19. The molecule has 0 bridgehead atoms. The van der Waals surface area contributed by atoms with Gasteiger partial charge in [0.1, 0.15) is 12.1 Å². The Balaban J connectivity index is 1.88. The summed E-state index contributed by atoms with van der Waals surface area (Å²) in [6, 6.07) is 7.71. The molecule has 0 unspecified atom stereocenters. The number of aryl methyl sites for hydroxylation is 1. The molecular weight excluding hydrogens is 260 g/mol. The Morgan fingerprint density at radius 1 is 1.42 bits per heavy atom. The van der Waals surface area contributed by atoms with Crippen LogP contribution in [0, 0.1) is 0 Å². The topological polar surface area (TPSA) is 50.4 Å². The third-order valence-electron chi connectivity index (χ3n) is 3.09. The Morgan fingerprint density at radius 3 is 2.63 bits per heavy atom. The van der Waals surface area contributed by atoms with Crippen LogP contribution in [-0.2, 0) is 16.0 Å². The second-order valence-electron chi connectivity index (χ2n) is 4.68. The van der Waals surface area contributed by atoms with E-state index in [2.05, 4.69) is 29.7 Å². The lowest BCUT2D eigenvalue weighted by Gasteiger charge is -2.13. The van der Waals surface area contributed by atoms with E-state index in [0.717, 1.165) is 12.1 Å². The molecule has 1 aromatic rings. The summed E-state index contributed by atoms with van der Waals surface area (Å²) in [6.45, 7) is 3.99. The first-order chi connectivity index (χ1) is 9.08. The molecule has 5 heteroatoms. The Morgan fingerprint density at radius 2 is 2.11 bits per heavy atom. The molecule has 1 aliphatic rings. The van der Waals surface area contributed by atoms with Crippen molar-refractivity contribution in [1.82, 2.24) is 5.32 Å². The molecule has 4 nitrogen and oxygen atoms in total. The number of carbonyl (C=O) groups excluding carboxylic acids is 1. The van der Waals surface area contributed by atoms with Gasteiger partial charge >= 0.3 is 5.97 Å². The third kappa shape index (κ3) is 3.67. The van der Waals surface area contributed by atoms with E-state index in [9.17, 15) is 4.79 Å². The van der Waals surface area contributed by atoms with E-state index in [-0.39, 0.29) is 18.1 Å². The van der Waals surface area contributed by atoms with Gasteiger partial charge in [0.15, 0.2) is 5.11 Å². The van der Waals surface area contributed by atoms with E-state index in [1.165, 1.54) is 5.56 Å². The number of benzene rings is 1. The zero-order chi connectivity index (χ0) is 13.8. The van der Waals surface area contributed by atoms with Crippen LogP contribution in [0.3, 0.4) is 0 Å². The van der Waals surface area contributed by atoms with Crippen LogP contribution in [0.2, 0.25) is 0 Å². The second kappa shape index (κ2) is 6.02. The fraction of sp³-hybridized carbons (Fsp3) is 0.429. The van der Waals surface area contributed by atoms with Crippen LogP contribution < -0.4 is 10.6 Å². The van der Waals surface area contributed by atoms with Gasteiger partial charge in [0.2, 0.25) is 0 Å². The molecule has 1 fully saturated rings. The molecule has 102 valence electrons. The van der Waals surface area contributed by atoms with Crippen molar-refractivity contribution in [3.63, 3.8) is 0 Å². The number of thiocarbonyl (C=S) groups is 1. The third-order valence-corrected chi connectivity index (χ3v) is 3.31. The maximum absolute atomic E-state index is 11.5. The van der Waals surface area contributed by atoms with Crippen LogP contribution in [0.5, 0.6) is 0 Å². The summed E-state index contributed by atoms with van der Waals surface area (Å²) in [4.78, 5) is 11.5. The van der Waals surface area contributed by atoms with Gasteiger partial charge in [-0.05, 0) is 43.3 Å². The van der Waals surface area contributed by atoms with Crippen molar-refractivity contribution in [2.75, 3.05) is 5.32 Å². The number of esters is 1. The largest absolute Gasteiger partial charge is 0.461 e. The highest BCUT2D eigenvalue weighted by Gasteiger charge is 2.32. The monoisotopic (exact) mass is 278 g/mol. The number of ether oxygens (including phenoxy) is 1. The van der Waals surface area contributed by atoms with Gasteiger partial charge in [0.25, 0.3) is 0 Å². The Hall–Kier alpha value is -1.62. The van der Waals surface area contributed by atoms with Crippen molar-refractivity contribution in [3.8, 4) is 0 Å². The second-order valence-corrected chi connectivity index (χ2v) is 5.09. The smallest absolute Gasteiger partial charge is 0.329 e. The molecule has 0 spiro atoms. The average Bonchev–Trinajstić information content (AvgIpc) is 2.68. The molecule has 1 aromatic carbocycles. The number of cyclic esters (lactones) is 1. The van der Waals surface area contributed by atoms with Crippen LogP contribution in [0.15, 0.2) is 24.3 Å². The zero-order valence-electron chi connectivity index (χ0n) is 11.1. The molecule has 0 saturated carbocycles. The first-order valence-electron chi connectivity index (χ1n) is 6.45. The van der Waals surface area contributed by atoms with Crippen molar-refractivity contribution >= 4 is 29.0 Å². The number of carbonyl (C=O) groups is 1. The van der Waals surface area contributed by atoms with Crippen LogP contribution in [-0.4, -0.2) is 23.2 Å². The molecule has 0 amide bonds. The Labute approximate surface area is 118 Å². The first kappa shape index (κ1) is 13.8. The summed E-state index contributed by atoms with van der Waals surface area (Å²) in [5.74, 6) is -0.238. The van der Waals surface area contributed by atoms with Crippen molar-refractivity contribution in [3.05, 3.63) is 29.8 Å². The van der Waals surface area contributed by atoms with Crippen LogP contribution in [0.1, 0.15) is 25.8 Å². The average molecular weight is 278 g/mol. The van der Waals surface area contributed by atoms with Crippen molar-refractivity contribution in [1.29, 1.82) is 0 Å². The number of rotatable bonds is 3. The predicted octanol–water partition coefficient (Wildman–Crippen LogP) is 2.24. The van der Waals surface area contributed by atoms with Crippen LogP contribution in [0.25, 0.3) is 0 Å². The minimum atomic E-state index is -0.343. The van der Waals surface area contributed by atoms with Gasteiger partial charge in [-0.25, -0.2) is 4.79 Å². The summed E-state index contributed by atoms with van der Waals surface area (Å²) < 4.78 is 5.07. The summed E-state index contributed by atoms with van der Waals surface area (Å²) in [5, 5.41) is 6.49. The van der Waals surface area contributed by atoms with Crippen LogP contribution in [0.4, 0.5) is 5.69 Å². The molecule has 1 saturated heterocycles. The van der Waals surface area contributed by atoms with E-state index < -0.39 is 0 Å². The van der Waals surface area contributed by atoms with Gasteiger partial charge < -0.3 is 15.4 Å². The molecule has 1 aliphatic heterocycles. The molecular formula is C14H18N2O2S. The summed E-state index contributed by atoms with van der Waals surface area (Å²) in [6.07, 6.45) is 1.61. The van der Waals surface area contributed by atoms with Gasteiger partial charge in [0.05, 0.1) is 0 Å². The minimum absolute atomic E-state index is 0.0448. The number of nitrogens with one attached hydrogen (secondary N) is 2. The normalized spacial score (nSPS) is 21.9. The quantitative estimate of drug-likeness (QED) is 0.656. The van der Waals surface area contributed by atoms with Crippen LogP contribution >= 0.6 is 12.2 Å². The van der Waals surface area contributed by atoms with E-state index in [0.29, 0.717) is 11.5 Å². The molecule has 0 radical (unpaired) electrons. The maximum Gasteiger partial charge on any atom is 0.329 e.